The van der Waals surface area contributed by atoms with Crippen LogP contribution in [0, 0.1) is 11.8 Å². The molecule has 0 atom stereocenters. The largest absolute Gasteiger partial charge is 0.465 e. The summed E-state index contributed by atoms with van der Waals surface area (Å²) < 4.78 is 11.8. The van der Waals surface area contributed by atoms with E-state index in [1.807, 2.05) is 0 Å². The van der Waals surface area contributed by atoms with Gasteiger partial charge in [0.05, 0.1) is 13.2 Å². The highest BCUT2D eigenvalue weighted by Gasteiger charge is 2.25. The summed E-state index contributed by atoms with van der Waals surface area (Å²) in [6, 6.07) is 0.715. The van der Waals surface area contributed by atoms with Crippen LogP contribution in [-0.2, 0) is 19.1 Å². The van der Waals surface area contributed by atoms with Crippen LogP contribution >= 0.6 is 0 Å². The third-order valence-corrected chi connectivity index (χ3v) is 14.2. The highest BCUT2D eigenvalue weighted by atomic mass is 16.5. The van der Waals surface area contributed by atoms with Gasteiger partial charge in [0.2, 0.25) is 0 Å². The molecule has 2 N–H and O–H groups in total. The molecule has 1 fully saturated rings. The molecule has 0 bridgehead atoms. The lowest BCUT2D eigenvalue weighted by atomic mass is 9.91. The third-order valence-electron chi connectivity index (χ3n) is 14.2. The Morgan fingerprint density at radius 2 is 0.810 bits per heavy atom. The van der Waals surface area contributed by atoms with E-state index in [0.717, 1.165) is 71.2 Å². The highest BCUT2D eigenvalue weighted by Crippen LogP contribution is 2.26. The van der Waals surface area contributed by atoms with Gasteiger partial charge in [-0.25, -0.2) is 0 Å². The van der Waals surface area contributed by atoms with Crippen LogP contribution in [0.3, 0.4) is 0 Å². The number of nitrogens with zero attached hydrogens (tertiary/aromatic N) is 2. The van der Waals surface area contributed by atoms with E-state index >= 15 is 0 Å². The number of ether oxygens (including phenoxy) is 2. The van der Waals surface area contributed by atoms with E-state index in [4.69, 9.17) is 15.2 Å². The summed E-state index contributed by atoms with van der Waals surface area (Å²) in [4.78, 5) is 30.9. The van der Waals surface area contributed by atoms with E-state index in [9.17, 15) is 9.59 Å². The van der Waals surface area contributed by atoms with E-state index < -0.39 is 0 Å². The molecule has 0 heterocycles. The molecule has 0 saturated heterocycles. The normalized spacial score (nSPS) is 13.2. The highest BCUT2D eigenvalue weighted by molar-refractivity contribution is 5.69. The van der Waals surface area contributed by atoms with Crippen LogP contribution in [0.4, 0.5) is 0 Å². The Morgan fingerprint density at radius 3 is 1.17 bits per heavy atom. The molecule has 0 amide bonds. The maximum Gasteiger partial charge on any atom is 0.305 e. The van der Waals surface area contributed by atoms with Crippen molar-refractivity contribution in [3.05, 3.63) is 0 Å². The van der Waals surface area contributed by atoms with Crippen molar-refractivity contribution in [2.24, 2.45) is 17.6 Å². The van der Waals surface area contributed by atoms with Crippen LogP contribution in [0.1, 0.15) is 278 Å². The zero-order chi connectivity index (χ0) is 45.7. The first-order valence-electron chi connectivity index (χ1n) is 28.4. The minimum atomic E-state index is 0.00369. The molecule has 7 nitrogen and oxygen atoms in total. The van der Waals surface area contributed by atoms with Crippen LogP contribution < -0.4 is 5.73 Å². The first kappa shape index (κ1) is 59.8. The van der Waals surface area contributed by atoms with E-state index in [1.54, 1.807) is 0 Å². The third kappa shape index (κ3) is 37.6. The summed E-state index contributed by atoms with van der Waals surface area (Å²) in [7, 11) is 0. The number of esters is 2. The summed E-state index contributed by atoms with van der Waals surface area (Å²) in [6.07, 6.45) is 48.0. The number of unbranched alkanes of at least 4 members (excludes halogenated alkanes) is 24. The SMILES string of the molecule is CCCCCCCCC(CCCCCCCC)COC(=O)CCCCCN(CCN)CCN(CCCCCC(=O)OCC(CCCCCCCC)CCCCCCCC)C1CCC1. The molecule has 0 aliphatic heterocycles. The summed E-state index contributed by atoms with van der Waals surface area (Å²) in [5.74, 6) is 1.08. The van der Waals surface area contributed by atoms with Crippen molar-refractivity contribution in [1.82, 2.24) is 9.80 Å². The molecule has 0 aromatic heterocycles. The van der Waals surface area contributed by atoms with Crippen molar-refractivity contribution in [2.75, 3.05) is 52.5 Å². The molecule has 0 aromatic rings. The van der Waals surface area contributed by atoms with E-state index in [2.05, 4.69) is 37.5 Å². The van der Waals surface area contributed by atoms with Crippen LogP contribution in [0.5, 0.6) is 0 Å². The zero-order valence-electron chi connectivity index (χ0n) is 43.1. The van der Waals surface area contributed by atoms with Crippen LogP contribution in [-0.4, -0.2) is 80.3 Å². The number of nitrogens with two attached hydrogens (primary N) is 1. The Morgan fingerprint density at radius 1 is 0.444 bits per heavy atom. The van der Waals surface area contributed by atoms with Crippen molar-refractivity contribution in [3.8, 4) is 0 Å². The lowest BCUT2D eigenvalue weighted by molar-refractivity contribution is -0.146. The lowest BCUT2D eigenvalue weighted by Crippen LogP contribution is -2.45. The Labute approximate surface area is 393 Å². The number of carbonyl (C=O) groups is 2. The summed E-state index contributed by atoms with van der Waals surface area (Å²) in [6.45, 7) is 16.3. The first-order chi connectivity index (χ1) is 31.0. The molecule has 0 spiro atoms. The van der Waals surface area contributed by atoms with E-state index in [-0.39, 0.29) is 11.9 Å². The van der Waals surface area contributed by atoms with Crippen molar-refractivity contribution in [3.63, 3.8) is 0 Å². The van der Waals surface area contributed by atoms with Crippen molar-refractivity contribution < 1.29 is 19.1 Å². The molecule has 0 unspecified atom stereocenters. The number of hydrogen-bond donors (Lipinski definition) is 1. The average molecular weight is 891 g/mol. The molecular formula is C56H111N3O4. The van der Waals surface area contributed by atoms with Gasteiger partial charge >= 0.3 is 11.9 Å². The van der Waals surface area contributed by atoms with Gasteiger partial charge in [-0.3, -0.25) is 14.5 Å². The maximum atomic E-state index is 12.8. The molecule has 1 saturated carbocycles. The average Bonchev–Trinajstić information content (AvgIpc) is 3.26. The monoisotopic (exact) mass is 890 g/mol. The minimum Gasteiger partial charge on any atom is -0.465 e. The fraction of sp³-hybridized carbons (Fsp3) is 0.964. The lowest BCUT2D eigenvalue weighted by Gasteiger charge is -2.39. The van der Waals surface area contributed by atoms with Crippen LogP contribution in [0.15, 0.2) is 0 Å². The molecule has 374 valence electrons. The van der Waals surface area contributed by atoms with Gasteiger partial charge in [0.15, 0.2) is 0 Å². The van der Waals surface area contributed by atoms with Crippen LogP contribution in [0.2, 0.25) is 0 Å². The minimum absolute atomic E-state index is 0.00369. The molecular weight excluding hydrogens is 779 g/mol. The van der Waals surface area contributed by atoms with Gasteiger partial charge in [-0.1, -0.05) is 201 Å². The zero-order valence-corrected chi connectivity index (χ0v) is 43.1. The first-order valence-corrected chi connectivity index (χ1v) is 28.4. The smallest absolute Gasteiger partial charge is 0.305 e. The Bertz CT molecular complexity index is 944. The fourth-order valence-electron chi connectivity index (χ4n) is 9.60. The Balaban J connectivity index is 2.37. The Kier molecular flexibility index (Phi) is 43.6. The predicted octanol–water partition coefficient (Wildman–Crippen LogP) is 15.5. The molecule has 7 heteroatoms. The van der Waals surface area contributed by atoms with Gasteiger partial charge in [-0.2, -0.15) is 0 Å². The van der Waals surface area contributed by atoms with Gasteiger partial charge in [-0.15, -0.1) is 0 Å². The summed E-state index contributed by atoms with van der Waals surface area (Å²) >= 11 is 0. The van der Waals surface area contributed by atoms with Crippen molar-refractivity contribution >= 4 is 11.9 Å². The standard InChI is InChI=1S/C56H111N3O4/c1-5-9-13-17-21-27-36-52(37-28-22-18-14-10-6-2)50-62-55(60)42-31-25-33-45-58(47-44-57)48-49-59(54-40-35-41-54)46-34-26-32-43-56(61)63-51-53(38-29-23-19-15-11-7-3)39-30-24-20-16-12-8-4/h52-54H,5-51,57H2,1-4H3. The maximum absolute atomic E-state index is 12.8. The number of rotatable bonds is 50. The molecule has 0 radical (unpaired) electrons. The van der Waals surface area contributed by atoms with Gasteiger partial charge in [-0.05, 0) is 89.1 Å². The molecule has 0 aromatic carbocycles. The van der Waals surface area contributed by atoms with Crippen molar-refractivity contribution in [1.29, 1.82) is 0 Å². The second-order valence-corrected chi connectivity index (χ2v) is 20.2. The topological polar surface area (TPSA) is 85.1 Å². The van der Waals surface area contributed by atoms with E-state index in [0.29, 0.717) is 50.5 Å². The molecule has 1 aliphatic rings. The van der Waals surface area contributed by atoms with Gasteiger partial charge in [0.25, 0.3) is 0 Å². The van der Waals surface area contributed by atoms with Crippen molar-refractivity contribution in [2.45, 2.75) is 284 Å². The van der Waals surface area contributed by atoms with Gasteiger partial charge < -0.3 is 20.1 Å². The summed E-state index contributed by atoms with van der Waals surface area (Å²) in [5, 5.41) is 0. The molecule has 1 rings (SSSR count). The predicted molar refractivity (Wildman–Crippen MR) is 273 cm³/mol. The van der Waals surface area contributed by atoms with Crippen LogP contribution in [0.25, 0.3) is 0 Å². The second-order valence-electron chi connectivity index (χ2n) is 20.2. The summed E-state index contributed by atoms with van der Waals surface area (Å²) in [5.41, 5.74) is 6.08. The number of hydrogen-bond acceptors (Lipinski definition) is 7. The number of carbonyl (C=O) groups excluding carboxylic acids is 2. The van der Waals surface area contributed by atoms with E-state index in [1.165, 1.54) is 199 Å². The quantitative estimate of drug-likeness (QED) is 0.0481. The molecule has 1 aliphatic carbocycles. The molecule has 63 heavy (non-hydrogen) atoms. The van der Waals surface area contributed by atoms with Gasteiger partial charge in [0, 0.05) is 45.1 Å². The van der Waals surface area contributed by atoms with Gasteiger partial charge in [0.1, 0.15) is 0 Å². The second kappa shape index (κ2) is 46.0. The Hall–Kier alpha value is -1.18. The fourth-order valence-corrected chi connectivity index (χ4v) is 9.60.